The quantitative estimate of drug-likeness (QED) is 0.801. The average molecular weight is 318 g/mol. The van der Waals surface area contributed by atoms with E-state index in [2.05, 4.69) is 15.8 Å². The summed E-state index contributed by atoms with van der Waals surface area (Å²) in [6, 6.07) is 12.3. The molecule has 4 nitrogen and oxygen atoms in total. The fraction of sp³-hybridized carbons (Fsp3) is 0.133. The Morgan fingerprint density at radius 1 is 1.10 bits per heavy atom. The van der Waals surface area contributed by atoms with Crippen LogP contribution in [0.3, 0.4) is 0 Å². The first-order valence-corrected chi connectivity index (χ1v) is 8.71. The molecule has 0 unspecified atom stereocenters. The van der Waals surface area contributed by atoms with E-state index in [1.165, 1.54) is 11.3 Å². The summed E-state index contributed by atoms with van der Waals surface area (Å²) in [6.07, 6.45) is 0. The second-order valence-electron chi connectivity index (χ2n) is 4.87. The highest BCUT2D eigenvalue weighted by Gasteiger charge is 2.16. The summed E-state index contributed by atoms with van der Waals surface area (Å²) < 4.78 is 28.1. The van der Waals surface area contributed by atoms with Crippen LogP contribution in [0.25, 0.3) is 10.2 Å². The van der Waals surface area contributed by atoms with E-state index >= 15 is 0 Å². The lowest BCUT2D eigenvalue weighted by molar-refractivity contribution is 0.601. The zero-order valence-corrected chi connectivity index (χ0v) is 13.3. The highest BCUT2D eigenvalue weighted by atomic mass is 32.2. The second kappa shape index (κ2) is 5.13. The van der Waals surface area contributed by atoms with Gasteiger partial charge in [0.25, 0.3) is 10.0 Å². The lowest BCUT2D eigenvalue weighted by Crippen LogP contribution is -2.12. The van der Waals surface area contributed by atoms with Crippen LogP contribution in [0.5, 0.6) is 0 Å². The molecule has 6 heteroatoms. The third kappa shape index (κ3) is 2.77. The van der Waals surface area contributed by atoms with Crippen LogP contribution in [0.15, 0.2) is 47.4 Å². The normalized spacial score (nSPS) is 11.7. The molecule has 1 heterocycles. The standard InChI is InChI=1S/C15H14N2O2S2/c1-10-8-11(2)14-13(9-10)16-15(20-14)17-21(18,19)12-6-4-3-5-7-12/h3-9H,1-2H3,(H,16,17). The lowest BCUT2D eigenvalue weighted by Gasteiger charge is -2.03. The van der Waals surface area contributed by atoms with Gasteiger partial charge >= 0.3 is 0 Å². The van der Waals surface area contributed by atoms with E-state index in [0.29, 0.717) is 5.13 Å². The van der Waals surface area contributed by atoms with Crippen molar-refractivity contribution >= 4 is 36.7 Å². The van der Waals surface area contributed by atoms with Crippen molar-refractivity contribution in [1.82, 2.24) is 4.98 Å². The molecule has 1 aromatic heterocycles. The highest BCUT2D eigenvalue weighted by molar-refractivity contribution is 7.93. The summed E-state index contributed by atoms with van der Waals surface area (Å²) in [5, 5.41) is 0.391. The molecule has 0 aliphatic rings. The molecule has 0 bridgehead atoms. The van der Waals surface area contributed by atoms with Crippen molar-refractivity contribution < 1.29 is 8.42 Å². The van der Waals surface area contributed by atoms with Crippen molar-refractivity contribution in [1.29, 1.82) is 0 Å². The molecule has 3 aromatic rings. The first-order valence-electron chi connectivity index (χ1n) is 6.41. The Bertz CT molecular complexity index is 900. The minimum absolute atomic E-state index is 0.233. The zero-order valence-electron chi connectivity index (χ0n) is 11.6. The van der Waals surface area contributed by atoms with Gasteiger partial charge in [-0.3, -0.25) is 4.72 Å². The largest absolute Gasteiger partial charge is 0.263 e. The maximum atomic E-state index is 12.3. The summed E-state index contributed by atoms with van der Waals surface area (Å²) in [6.45, 7) is 4.00. The lowest BCUT2D eigenvalue weighted by atomic mass is 10.1. The maximum Gasteiger partial charge on any atom is 0.263 e. The Hall–Kier alpha value is -1.92. The van der Waals surface area contributed by atoms with Gasteiger partial charge in [-0.1, -0.05) is 35.6 Å². The van der Waals surface area contributed by atoms with Crippen LogP contribution < -0.4 is 4.72 Å². The number of benzene rings is 2. The number of sulfonamides is 1. The number of fused-ring (bicyclic) bond motifs is 1. The minimum Gasteiger partial charge on any atom is -0.255 e. The Kier molecular flexibility index (Phi) is 3.43. The first-order chi connectivity index (χ1) is 9.95. The number of aromatic nitrogens is 1. The van der Waals surface area contributed by atoms with Crippen LogP contribution in [0.2, 0.25) is 0 Å². The van der Waals surface area contributed by atoms with E-state index < -0.39 is 10.0 Å². The maximum absolute atomic E-state index is 12.3. The second-order valence-corrected chi connectivity index (χ2v) is 7.55. The van der Waals surface area contributed by atoms with Crippen LogP contribution in [-0.2, 0) is 10.0 Å². The molecule has 21 heavy (non-hydrogen) atoms. The molecule has 108 valence electrons. The van der Waals surface area contributed by atoms with Gasteiger partial charge in [-0.15, -0.1) is 0 Å². The van der Waals surface area contributed by atoms with Crippen molar-refractivity contribution in [3.63, 3.8) is 0 Å². The average Bonchev–Trinajstić information content (AvgIpc) is 2.81. The van der Waals surface area contributed by atoms with Gasteiger partial charge < -0.3 is 0 Å². The van der Waals surface area contributed by atoms with Crippen LogP contribution >= 0.6 is 11.3 Å². The number of nitrogens with one attached hydrogen (secondary N) is 1. The van der Waals surface area contributed by atoms with Crippen molar-refractivity contribution in [2.24, 2.45) is 0 Å². The number of rotatable bonds is 3. The monoisotopic (exact) mass is 318 g/mol. The molecule has 2 aromatic carbocycles. The van der Waals surface area contributed by atoms with E-state index in [0.717, 1.165) is 21.3 Å². The van der Waals surface area contributed by atoms with Crippen molar-refractivity contribution in [3.8, 4) is 0 Å². The highest BCUT2D eigenvalue weighted by Crippen LogP contribution is 2.30. The molecule has 0 atom stereocenters. The molecule has 0 aliphatic heterocycles. The molecular weight excluding hydrogens is 304 g/mol. The molecule has 0 radical (unpaired) electrons. The molecule has 3 rings (SSSR count). The van der Waals surface area contributed by atoms with Gasteiger partial charge in [-0.05, 0) is 43.2 Å². The fourth-order valence-corrected chi connectivity index (χ4v) is 4.36. The van der Waals surface area contributed by atoms with Gasteiger partial charge in [0.1, 0.15) is 0 Å². The van der Waals surface area contributed by atoms with Gasteiger partial charge in [0.2, 0.25) is 0 Å². The Labute approximate surface area is 127 Å². The topological polar surface area (TPSA) is 59.1 Å². The van der Waals surface area contributed by atoms with Crippen LogP contribution in [-0.4, -0.2) is 13.4 Å². The van der Waals surface area contributed by atoms with E-state index in [1.807, 2.05) is 19.9 Å². The van der Waals surface area contributed by atoms with Gasteiger partial charge in [0.15, 0.2) is 5.13 Å². The predicted molar refractivity (Wildman–Crippen MR) is 86.3 cm³/mol. The molecule has 0 fully saturated rings. The smallest absolute Gasteiger partial charge is 0.255 e. The summed E-state index contributed by atoms with van der Waals surface area (Å²) in [5.74, 6) is 0. The summed E-state index contributed by atoms with van der Waals surface area (Å²) in [4.78, 5) is 4.61. The Morgan fingerprint density at radius 2 is 1.81 bits per heavy atom. The molecule has 0 saturated carbocycles. The van der Waals surface area contributed by atoms with E-state index in [-0.39, 0.29) is 4.90 Å². The van der Waals surface area contributed by atoms with Crippen LogP contribution in [0.1, 0.15) is 11.1 Å². The number of hydrogen-bond donors (Lipinski definition) is 1. The van der Waals surface area contributed by atoms with E-state index in [4.69, 9.17) is 0 Å². The summed E-state index contributed by atoms with van der Waals surface area (Å²) >= 11 is 1.35. The van der Waals surface area contributed by atoms with Gasteiger partial charge in [-0.25, -0.2) is 13.4 Å². The van der Waals surface area contributed by atoms with E-state index in [1.54, 1.807) is 30.3 Å². The minimum atomic E-state index is -3.59. The van der Waals surface area contributed by atoms with E-state index in [9.17, 15) is 8.42 Å². The number of thiazole rings is 1. The number of nitrogens with zero attached hydrogens (tertiary/aromatic N) is 1. The summed E-state index contributed by atoms with van der Waals surface area (Å²) in [7, 11) is -3.59. The molecule has 0 amide bonds. The number of aryl methyl sites for hydroxylation is 2. The molecule has 0 spiro atoms. The summed E-state index contributed by atoms with van der Waals surface area (Å²) in [5.41, 5.74) is 3.04. The van der Waals surface area contributed by atoms with Crippen molar-refractivity contribution in [3.05, 3.63) is 53.6 Å². The van der Waals surface area contributed by atoms with Gasteiger partial charge in [-0.2, -0.15) is 0 Å². The van der Waals surface area contributed by atoms with Gasteiger partial charge in [0.05, 0.1) is 15.1 Å². The van der Waals surface area contributed by atoms with Crippen molar-refractivity contribution in [2.75, 3.05) is 4.72 Å². The Balaban J connectivity index is 2.01. The number of hydrogen-bond acceptors (Lipinski definition) is 4. The van der Waals surface area contributed by atoms with Crippen LogP contribution in [0, 0.1) is 13.8 Å². The first kappa shape index (κ1) is 14.0. The fourth-order valence-electron chi connectivity index (χ4n) is 2.19. The van der Waals surface area contributed by atoms with Crippen LogP contribution in [0.4, 0.5) is 5.13 Å². The third-order valence-corrected chi connectivity index (χ3v) is 5.70. The zero-order chi connectivity index (χ0) is 15.0. The molecule has 0 aliphatic carbocycles. The SMILES string of the molecule is Cc1cc(C)c2sc(NS(=O)(=O)c3ccccc3)nc2c1. The predicted octanol–water partition coefficient (Wildman–Crippen LogP) is 3.71. The van der Waals surface area contributed by atoms with Crippen molar-refractivity contribution in [2.45, 2.75) is 18.7 Å². The Morgan fingerprint density at radius 3 is 2.52 bits per heavy atom. The molecular formula is C15H14N2O2S2. The molecule has 0 saturated heterocycles. The third-order valence-electron chi connectivity index (χ3n) is 3.10. The molecule has 1 N–H and O–H groups in total. The number of anilines is 1. The van der Waals surface area contributed by atoms with Gasteiger partial charge in [0, 0.05) is 0 Å².